The van der Waals surface area contributed by atoms with Gasteiger partial charge in [0.1, 0.15) is 11.2 Å². The second kappa shape index (κ2) is 21.0. The lowest BCUT2D eigenvalue weighted by Gasteiger charge is -2.28. The summed E-state index contributed by atoms with van der Waals surface area (Å²) in [7, 11) is 0. The average Bonchev–Trinajstić information content (AvgIpc) is 3.88. The zero-order valence-electron chi connectivity index (χ0n) is 42.5. The van der Waals surface area contributed by atoms with E-state index in [1.165, 1.54) is 5.70 Å². The molecule has 0 bridgehead atoms. The summed E-state index contributed by atoms with van der Waals surface area (Å²) in [5, 5.41) is 2.09. The maximum atomic E-state index is 6.60. The Morgan fingerprint density at radius 2 is 0.571 bits per heavy atom. The van der Waals surface area contributed by atoms with E-state index in [2.05, 4.69) is 323 Å². The quantitative estimate of drug-likeness (QED) is 0.108. The Hall–Kier alpha value is -10.1. The highest BCUT2D eigenvalue weighted by atomic mass is 16.3. The van der Waals surface area contributed by atoms with Gasteiger partial charge in [-0.2, -0.15) is 0 Å². The number of allylic oxidation sites excluding steroid dienone is 3. The predicted octanol–water partition coefficient (Wildman–Crippen LogP) is 20.7. The van der Waals surface area contributed by atoms with Gasteiger partial charge in [0.25, 0.3) is 0 Å². The molecule has 0 fully saturated rings. The summed E-state index contributed by atoms with van der Waals surface area (Å²) < 4.78 is 6.60. The second-order valence-electron chi connectivity index (χ2n) is 19.3. The van der Waals surface area contributed by atoms with Gasteiger partial charge in [-0.25, -0.2) is 0 Å². The molecule has 0 atom stereocenters. The van der Waals surface area contributed by atoms with E-state index in [9.17, 15) is 0 Å². The summed E-state index contributed by atoms with van der Waals surface area (Å²) in [4.78, 5) is 9.31. The van der Waals surface area contributed by atoms with Crippen LogP contribution in [0.5, 0.6) is 0 Å². The van der Waals surface area contributed by atoms with Crippen molar-refractivity contribution in [3.8, 4) is 22.3 Å². The van der Waals surface area contributed by atoms with Crippen LogP contribution in [0.15, 0.2) is 313 Å². The molecule has 5 heteroatoms. The highest BCUT2D eigenvalue weighted by Crippen LogP contribution is 2.44. The van der Waals surface area contributed by atoms with Crippen LogP contribution in [0, 0.1) is 0 Å². The lowest BCUT2D eigenvalue weighted by molar-refractivity contribution is 0.669. The molecule has 13 rings (SSSR count). The summed E-state index contributed by atoms with van der Waals surface area (Å²) in [5.74, 6) is 0. The van der Waals surface area contributed by atoms with Gasteiger partial charge in [0.15, 0.2) is 0 Å². The zero-order valence-corrected chi connectivity index (χ0v) is 42.5. The van der Waals surface area contributed by atoms with Crippen molar-refractivity contribution in [3.05, 3.63) is 309 Å². The number of furan rings is 1. The van der Waals surface area contributed by atoms with Gasteiger partial charge in [0.2, 0.25) is 0 Å². The molecule has 0 spiro atoms. The van der Waals surface area contributed by atoms with Gasteiger partial charge in [-0.3, -0.25) is 0 Å². The zero-order chi connectivity index (χ0) is 51.3. The lowest BCUT2D eigenvalue weighted by Crippen LogP contribution is -2.16. The first-order valence-corrected chi connectivity index (χ1v) is 26.4. The van der Waals surface area contributed by atoms with Crippen molar-refractivity contribution < 1.29 is 4.42 Å². The van der Waals surface area contributed by atoms with Crippen molar-refractivity contribution in [1.29, 1.82) is 0 Å². The molecular formula is C72H54N4O. The summed E-state index contributed by atoms with van der Waals surface area (Å²) in [5.41, 5.74) is 19.3. The summed E-state index contributed by atoms with van der Waals surface area (Å²) in [6, 6.07) is 102. The fraction of sp³-hybridized carbons (Fsp3) is 0.0278. The van der Waals surface area contributed by atoms with Crippen molar-refractivity contribution in [2.45, 2.75) is 12.8 Å². The average molecular weight is 991 g/mol. The van der Waals surface area contributed by atoms with Crippen LogP contribution < -0.4 is 19.6 Å². The molecule has 0 aliphatic heterocycles. The van der Waals surface area contributed by atoms with Gasteiger partial charge >= 0.3 is 0 Å². The minimum atomic E-state index is 0.837. The SMILES string of the molecule is C1=CC(N(c2ccccc2)c2cccc(-c3ccc(N(c4ccccc4)c4ccc5oc6ccc(N(c7ccccc7)c7ccc(-c8cccc(N(c9ccccc9)c9ccccc9)c8)cc7)cc6c5c4)cc3)c2)=CCC1. The first kappa shape index (κ1) is 46.7. The minimum absolute atomic E-state index is 0.837. The van der Waals surface area contributed by atoms with Crippen LogP contribution in [0.2, 0.25) is 0 Å². The molecule has 11 aromatic carbocycles. The van der Waals surface area contributed by atoms with E-state index in [1.54, 1.807) is 0 Å². The molecule has 0 radical (unpaired) electrons. The van der Waals surface area contributed by atoms with Gasteiger partial charge in [-0.1, -0.05) is 152 Å². The summed E-state index contributed by atoms with van der Waals surface area (Å²) in [6.45, 7) is 0. The van der Waals surface area contributed by atoms with E-state index in [0.29, 0.717) is 0 Å². The van der Waals surface area contributed by atoms with E-state index in [-0.39, 0.29) is 0 Å². The van der Waals surface area contributed by atoms with Crippen molar-refractivity contribution in [3.63, 3.8) is 0 Å². The third-order valence-corrected chi connectivity index (χ3v) is 14.4. The van der Waals surface area contributed by atoms with Crippen LogP contribution >= 0.6 is 0 Å². The summed E-state index contributed by atoms with van der Waals surface area (Å²) in [6.07, 6.45) is 8.95. The van der Waals surface area contributed by atoms with Gasteiger partial charge in [0.05, 0.1) is 0 Å². The monoisotopic (exact) mass is 990 g/mol. The van der Waals surface area contributed by atoms with E-state index in [0.717, 1.165) is 120 Å². The third kappa shape index (κ3) is 9.55. The Morgan fingerprint density at radius 3 is 0.948 bits per heavy atom. The molecule has 0 amide bonds. The highest BCUT2D eigenvalue weighted by molar-refractivity contribution is 6.08. The third-order valence-electron chi connectivity index (χ3n) is 14.4. The van der Waals surface area contributed by atoms with Gasteiger partial charge in [-0.05, 0) is 187 Å². The molecule has 12 aromatic rings. The topological polar surface area (TPSA) is 26.1 Å². The molecule has 77 heavy (non-hydrogen) atoms. The maximum absolute atomic E-state index is 6.60. The van der Waals surface area contributed by atoms with Crippen LogP contribution in [0.25, 0.3) is 44.2 Å². The van der Waals surface area contributed by atoms with Crippen LogP contribution in [0.4, 0.5) is 62.6 Å². The van der Waals surface area contributed by atoms with E-state index in [1.807, 2.05) is 0 Å². The number of anilines is 11. The first-order valence-electron chi connectivity index (χ1n) is 26.4. The first-order chi connectivity index (χ1) is 38.2. The Balaban J connectivity index is 0.833. The fourth-order valence-corrected chi connectivity index (χ4v) is 10.7. The van der Waals surface area contributed by atoms with E-state index in [4.69, 9.17) is 4.42 Å². The van der Waals surface area contributed by atoms with Crippen LogP contribution in [-0.4, -0.2) is 0 Å². The number of para-hydroxylation sites is 5. The normalized spacial score (nSPS) is 12.1. The molecule has 1 aromatic heterocycles. The molecule has 0 saturated carbocycles. The van der Waals surface area contributed by atoms with Crippen molar-refractivity contribution in [2.24, 2.45) is 0 Å². The van der Waals surface area contributed by atoms with Gasteiger partial charge in [0, 0.05) is 79.0 Å². The van der Waals surface area contributed by atoms with Gasteiger partial charge < -0.3 is 24.0 Å². The van der Waals surface area contributed by atoms with Crippen molar-refractivity contribution in [1.82, 2.24) is 0 Å². The van der Waals surface area contributed by atoms with Crippen LogP contribution in [0.1, 0.15) is 12.8 Å². The molecule has 368 valence electrons. The highest BCUT2D eigenvalue weighted by Gasteiger charge is 2.21. The van der Waals surface area contributed by atoms with Crippen molar-refractivity contribution >= 4 is 84.5 Å². The second-order valence-corrected chi connectivity index (χ2v) is 19.3. The predicted molar refractivity (Wildman–Crippen MR) is 324 cm³/mol. The van der Waals surface area contributed by atoms with Crippen LogP contribution in [0.3, 0.4) is 0 Å². The molecule has 5 nitrogen and oxygen atoms in total. The lowest BCUT2D eigenvalue weighted by atomic mass is 10.0. The Kier molecular flexibility index (Phi) is 12.7. The number of nitrogens with zero attached hydrogens (tertiary/aromatic N) is 4. The molecular weight excluding hydrogens is 937 g/mol. The molecule has 1 aliphatic rings. The number of hydrogen-bond acceptors (Lipinski definition) is 5. The van der Waals surface area contributed by atoms with E-state index >= 15 is 0 Å². The number of fused-ring (bicyclic) bond motifs is 3. The molecule has 0 saturated heterocycles. The summed E-state index contributed by atoms with van der Waals surface area (Å²) >= 11 is 0. The Labute approximate surface area is 450 Å². The Morgan fingerprint density at radius 1 is 0.247 bits per heavy atom. The van der Waals surface area contributed by atoms with Gasteiger partial charge in [-0.15, -0.1) is 0 Å². The molecule has 0 unspecified atom stereocenters. The minimum Gasteiger partial charge on any atom is -0.456 e. The van der Waals surface area contributed by atoms with Crippen LogP contribution in [-0.2, 0) is 0 Å². The van der Waals surface area contributed by atoms with E-state index < -0.39 is 0 Å². The standard InChI is InChI=1S/C72H54N4O/c1-7-23-57(24-8-1)73(58-25-9-2-10-26-58)65-35-19-21-55(49-65)53-37-41-63(42-38-53)75(61-31-15-5-16-32-61)67-45-47-71-69(51-67)70-52-68(46-48-72(70)77-71)76(62-33-17-6-18-34-62)64-43-39-54(40-44-64)56-22-20-36-66(50-56)74(59-27-11-3-12-28-59)60-29-13-4-14-30-60/h1-3,5-13,15-52H,4,14H2. The molecule has 1 heterocycles. The largest absolute Gasteiger partial charge is 0.456 e. The van der Waals surface area contributed by atoms with Crippen molar-refractivity contribution in [2.75, 3.05) is 19.6 Å². The molecule has 0 N–H and O–H groups in total. The molecule has 1 aliphatic carbocycles. The maximum Gasteiger partial charge on any atom is 0.135 e. The fourth-order valence-electron chi connectivity index (χ4n) is 10.7. The smallest absolute Gasteiger partial charge is 0.135 e. The number of hydrogen-bond donors (Lipinski definition) is 0. The Bertz CT molecular complexity index is 3990. The number of benzene rings is 11. The number of rotatable bonds is 14.